The third kappa shape index (κ3) is 5.87. The van der Waals surface area contributed by atoms with Crippen LogP contribution in [0.1, 0.15) is 5.56 Å². The molecule has 1 fully saturated rings. The Morgan fingerprint density at radius 1 is 0.816 bits per heavy atom. The van der Waals surface area contributed by atoms with Crippen LogP contribution < -0.4 is 14.8 Å². The second-order valence-corrected chi connectivity index (χ2v) is 9.38. The lowest BCUT2D eigenvalue weighted by Gasteiger charge is -2.13. The molecule has 0 atom stereocenters. The quantitative estimate of drug-likeness (QED) is 0.214. The number of carbonyl (C=O) groups excluding carboxylic acids is 3. The summed E-state index contributed by atoms with van der Waals surface area (Å²) < 4.78 is 11.5. The van der Waals surface area contributed by atoms with Crippen molar-refractivity contribution < 1.29 is 23.9 Å². The van der Waals surface area contributed by atoms with Gasteiger partial charge in [0.1, 0.15) is 31.3 Å². The zero-order valence-corrected chi connectivity index (χ0v) is 21.1. The number of thioether (sulfide) groups is 1. The maximum atomic E-state index is 13.0. The summed E-state index contributed by atoms with van der Waals surface area (Å²) in [6.07, 6.45) is 1.61. The Bertz CT molecular complexity index is 1510. The van der Waals surface area contributed by atoms with Crippen LogP contribution >= 0.6 is 11.8 Å². The van der Waals surface area contributed by atoms with Gasteiger partial charge < -0.3 is 14.8 Å². The molecule has 0 radical (unpaired) electrons. The van der Waals surface area contributed by atoms with Crippen molar-refractivity contribution in [3.05, 3.63) is 108 Å². The summed E-state index contributed by atoms with van der Waals surface area (Å²) >= 11 is 0.800. The second kappa shape index (κ2) is 11.7. The highest BCUT2D eigenvalue weighted by molar-refractivity contribution is 8.18. The largest absolute Gasteiger partial charge is 0.490 e. The summed E-state index contributed by atoms with van der Waals surface area (Å²) in [6, 6.07) is 29.9. The first-order chi connectivity index (χ1) is 18.6. The van der Waals surface area contributed by atoms with E-state index >= 15 is 0 Å². The third-order valence-corrected chi connectivity index (χ3v) is 6.70. The molecule has 7 nitrogen and oxygen atoms in total. The third-order valence-electron chi connectivity index (χ3n) is 5.80. The van der Waals surface area contributed by atoms with Gasteiger partial charge in [-0.05, 0) is 47.5 Å². The molecule has 3 amide bonds. The number of benzene rings is 4. The molecule has 190 valence electrons. The molecule has 0 bridgehead atoms. The molecule has 4 aromatic rings. The smallest absolute Gasteiger partial charge is 0.294 e. The number of para-hydroxylation sites is 2. The fourth-order valence-corrected chi connectivity index (χ4v) is 4.83. The molecule has 4 aromatic carbocycles. The van der Waals surface area contributed by atoms with Crippen LogP contribution in [0.15, 0.2) is 102 Å². The van der Waals surface area contributed by atoms with E-state index in [0.717, 1.165) is 33.2 Å². The Morgan fingerprint density at radius 2 is 1.53 bits per heavy atom. The summed E-state index contributed by atoms with van der Waals surface area (Å²) in [5, 5.41) is 4.18. The molecule has 0 spiro atoms. The topological polar surface area (TPSA) is 84.9 Å². The van der Waals surface area contributed by atoms with Crippen molar-refractivity contribution in [1.82, 2.24) is 4.90 Å². The van der Waals surface area contributed by atoms with Crippen molar-refractivity contribution in [3.8, 4) is 11.5 Å². The normalized spacial score (nSPS) is 14.2. The van der Waals surface area contributed by atoms with Gasteiger partial charge >= 0.3 is 0 Å². The molecule has 5 rings (SSSR count). The Hall–Kier alpha value is -4.56. The Labute approximate surface area is 224 Å². The number of fused-ring (bicyclic) bond motifs is 1. The number of ether oxygens (including phenoxy) is 2. The number of hydrogen-bond donors (Lipinski definition) is 1. The van der Waals surface area contributed by atoms with Crippen LogP contribution in [0.25, 0.3) is 16.8 Å². The van der Waals surface area contributed by atoms with Gasteiger partial charge in [-0.15, -0.1) is 0 Å². The Kier molecular flexibility index (Phi) is 7.70. The molecule has 1 heterocycles. The highest BCUT2D eigenvalue weighted by atomic mass is 32.2. The first-order valence-corrected chi connectivity index (χ1v) is 12.8. The zero-order valence-electron chi connectivity index (χ0n) is 20.3. The van der Waals surface area contributed by atoms with Crippen molar-refractivity contribution in [3.63, 3.8) is 0 Å². The molecule has 38 heavy (non-hydrogen) atoms. The molecular formula is C30H24N2O5S. The van der Waals surface area contributed by atoms with Gasteiger partial charge in [-0.2, -0.15) is 0 Å². The average molecular weight is 525 g/mol. The second-order valence-electron chi connectivity index (χ2n) is 8.39. The van der Waals surface area contributed by atoms with E-state index < -0.39 is 17.1 Å². The van der Waals surface area contributed by atoms with Crippen LogP contribution in [0.5, 0.6) is 11.5 Å². The van der Waals surface area contributed by atoms with Gasteiger partial charge in [0.15, 0.2) is 0 Å². The standard InChI is InChI=1S/C30H24N2O5S/c33-28(31-25-15-8-11-21-9-4-6-14-24(21)25)20-32-29(34)27(38-30(32)35)19-22-10-5-7-16-26(22)37-18-17-36-23-12-2-1-3-13-23/h1-16,19H,17-18,20H2,(H,31,33)/b27-19+. The van der Waals surface area contributed by atoms with Gasteiger partial charge in [0.2, 0.25) is 5.91 Å². The van der Waals surface area contributed by atoms with E-state index in [1.807, 2.05) is 78.9 Å². The van der Waals surface area contributed by atoms with Crippen LogP contribution in [0.4, 0.5) is 10.5 Å². The van der Waals surface area contributed by atoms with Crippen molar-refractivity contribution in [1.29, 1.82) is 0 Å². The van der Waals surface area contributed by atoms with E-state index in [4.69, 9.17) is 9.47 Å². The van der Waals surface area contributed by atoms with Gasteiger partial charge in [-0.3, -0.25) is 19.3 Å². The number of nitrogens with zero attached hydrogens (tertiary/aromatic N) is 1. The lowest BCUT2D eigenvalue weighted by atomic mass is 10.1. The average Bonchev–Trinajstić information content (AvgIpc) is 3.20. The van der Waals surface area contributed by atoms with E-state index in [9.17, 15) is 14.4 Å². The van der Waals surface area contributed by atoms with Gasteiger partial charge in [0.05, 0.1) is 4.91 Å². The first kappa shape index (κ1) is 25.1. The summed E-state index contributed by atoms with van der Waals surface area (Å²) in [6.45, 7) is 0.274. The number of rotatable bonds is 9. The predicted molar refractivity (Wildman–Crippen MR) is 149 cm³/mol. The molecule has 0 unspecified atom stereocenters. The molecule has 0 aromatic heterocycles. The fraction of sp³-hybridized carbons (Fsp3) is 0.100. The van der Waals surface area contributed by atoms with Gasteiger partial charge in [0, 0.05) is 16.6 Å². The van der Waals surface area contributed by atoms with Crippen LogP contribution in [0.2, 0.25) is 0 Å². The first-order valence-electron chi connectivity index (χ1n) is 12.0. The summed E-state index contributed by atoms with van der Waals surface area (Å²) in [5.74, 6) is 0.342. The summed E-state index contributed by atoms with van der Waals surface area (Å²) in [7, 11) is 0. The minimum atomic E-state index is -0.518. The lowest BCUT2D eigenvalue weighted by Crippen LogP contribution is -2.36. The Balaban J connectivity index is 1.22. The number of carbonyl (C=O) groups is 3. The number of nitrogens with one attached hydrogen (secondary N) is 1. The maximum absolute atomic E-state index is 13.0. The highest BCUT2D eigenvalue weighted by Crippen LogP contribution is 2.34. The van der Waals surface area contributed by atoms with Crippen molar-refractivity contribution in [2.24, 2.45) is 0 Å². The van der Waals surface area contributed by atoms with E-state index in [2.05, 4.69) is 5.32 Å². The van der Waals surface area contributed by atoms with E-state index in [1.165, 1.54) is 0 Å². The number of imide groups is 1. The zero-order chi connectivity index (χ0) is 26.3. The molecule has 0 saturated carbocycles. The molecule has 1 aliphatic heterocycles. The molecular weight excluding hydrogens is 500 g/mol. The number of anilines is 1. The molecule has 1 aliphatic rings. The fourth-order valence-electron chi connectivity index (χ4n) is 4.00. The minimum Gasteiger partial charge on any atom is -0.490 e. The van der Waals surface area contributed by atoms with Crippen LogP contribution in [0.3, 0.4) is 0 Å². The monoisotopic (exact) mass is 524 g/mol. The van der Waals surface area contributed by atoms with E-state index in [1.54, 1.807) is 24.3 Å². The Morgan fingerprint density at radius 3 is 2.39 bits per heavy atom. The highest BCUT2D eigenvalue weighted by Gasteiger charge is 2.36. The van der Waals surface area contributed by atoms with Crippen molar-refractivity contribution >= 4 is 51.4 Å². The van der Waals surface area contributed by atoms with Crippen molar-refractivity contribution in [2.45, 2.75) is 0 Å². The summed E-state index contributed by atoms with van der Waals surface area (Å²) in [5.41, 5.74) is 1.27. The molecule has 8 heteroatoms. The lowest BCUT2D eigenvalue weighted by molar-refractivity contribution is -0.127. The molecule has 0 aliphatic carbocycles. The van der Waals surface area contributed by atoms with Gasteiger partial charge in [-0.25, -0.2) is 0 Å². The van der Waals surface area contributed by atoms with E-state index in [0.29, 0.717) is 30.2 Å². The van der Waals surface area contributed by atoms with Crippen molar-refractivity contribution in [2.75, 3.05) is 25.1 Å². The van der Waals surface area contributed by atoms with Crippen LogP contribution in [0, 0.1) is 0 Å². The van der Waals surface area contributed by atoms with Crippen LogP contribution in [-0.2, 0) is 9.59 Å². The number of amides is 3. The van der Waals surface area contributed by atoms with Crippen LogP contribution in [-0.4, -0.2) is 41.7 Å². The SMILES string of the molecule is O=C(CN1C(=O)S/C(=C/c2ccccc2OCCOc2ccccc2)C1=O)Nc1cccc2ccccc12. The number of hydrogen-bond acceptors (Lipinski definition) is 6. The van der Waals surface area contributed by atoms with E-state index in [-0.39, 0.29) is 11.4 Å². The minimum absolute atomic E-state index is 0.226. The molecule has 1 saturated heterocycles. The molecule has 1 N–H and O–H groups in total. The van der Waals surface area contributed by atoms with Gasteiger partial charge in [-0.1, -0.05) is 72.8 Å². The van der Waals surface area contributed by atoms with Gasteiger partial charge in [0.25, 0.3) is 11.1 Å². The maximum Gasteiger partial charge on any atom is 0.294 e. The summed E-state index contributed by atoms with van der Waals surface area (Å²) in [4.78, 5) is 39.6. The predicted octanol–water partition coefficient (Wildman–Crippen LogP) is 5.97.